The predicted molar refractivity (Wildman–Crippen MR) is 78.8 cm³/mol. The Morgan fingerprint density at radius 2 is 1.84 bits per heavy atom. The van der Waals surface area contributed by atoms with Crippen LogP contribution in [-0.4, -0.2) is 43.5 Å². The van der Waals surface area contributed by atoms with Gasteiger partial charge >= 0.3 is 0 Å². The van der Waals surface area contributed by atoms with Crippen molar-refractivity contribution in [1.29, 1.82) is 0 Å². The molecule has 0 atom stereocenters. The van der Waals surface area contributed by atoms with Gasteiger partial charge < -0.3 is 4.74 Å². The third kappa shape index (κ3) is 5.53. The van der Waals surface area contributed by atoms with Crippen LogP contribution in [0.25, 0.3) is 0 Å². The van der Waals surface area contributed by atoms with E-state index in [9.17, 15) is 4.79 Å². The highest BCUT2D eigenvalue weighted by molar-refractivity contribution is 5.97. The van der Waals surface area contributed by atoms with Crippen LogP contribution in [0.15, 0.2) is 24.3 Å². The summed E-state index contributed by atoms with van der Waals surface area (Å²) >= 11 is 0. The van der Waals surface area contributed by atoms with Crippen molar-refractivity contribution in [3.63, 3.8) is 0 Å². The number of hydrogen-bond donors (Lipinski definition) is 0. The molecule has 0 unspecified atom stereocenters. The molecule has 19 heavy (non-hydrogen) atoms. The largest absolute Gasteiger partial charge is 0.380 e. The Bertz CT molecular complexity index is 373. The maximum atomic E-state index is 12.2. The lowest BCUT2D eigenvalue weighted by molar-refractivity contribution is 0.0867. The van der Waals surface area contributed by atoms with Crippen LogP contribution in [0.3, 0.4) is 0 Å². The molecule has 0 amide bonds. The maximum absolute atomic E-state index is 12.2. The minimum Gasteiger partial charge on any atom is -0.380 e. The summed E-state index contributed by atoms with van der Waals surface area (Å²) in [5, 5.41) is 0. The summed E-state index contributed by atoms with van der Waals surface area (Å²) in [7, 11) is 0. The summed E-state index contributed by atoms with van der Waals surface area (Å²) < 4.78 is 5.33. The maximum Gasteiger partial charge on any atom is 0.176 e. The quantitative estimate of drug-likeness (QED) is 0.507. The first-order valence-corrected chi connectivity index (χ1v) is 7.13. The molecule has 0 aliphatic carbocycles. The average Bonchev–Trinajstić information content (AvgIpc) is 2.46. The molecule has 0 radical (unpaired) electrons. The molecule has 3 nitrogen and oxygen atoms in total. The minimum absolute atomic E-state index is 0.181. The van der Waals surface area contributed by atoms with Gasteiger partial charge in [0.1, 0.15) is 0 Å². The number of hydrogen-bond acceptors (Lipinski definition) is 3. The van der Waals surface area contributed by atoms with E-state index in [1.54, 1.807) is 0 Å². The first-order chi connectivity index (χ1) is 9.21. The van der Waals surface area contributed by atoms with Crippen LogP contribution < -0.4 is 0 Å². The lowest BCUT2D eigenvalue weighted by Crippen LogP contribution is -2.32. The molecule has 0 spiro atoms. The van der Waals surface area contributed by atoms with Gasteiger partial charge in [-0.25, -0.2) is 0 Å². The molecule has 0 bridgehead atoms. The number of Topliss-reactive ketones (excluding diaryl/α,β-unsaturated/α-hetero) is 1. The van der Waals surface area contributed by atoms with Crippen molar-refractivity contribution in [3.8, 4) is 0 Å². The second-order valence-electron chi connectivity index (χ2n) is 4.54. The highest BCUT2D eigenvalue weighted by Gasteiger charge is 2.11. The van der Waals surface area contributed by atoms with Crippen LogP contribution in [0.2, 0.25) is 0 Å². The number of carbonyl (C=O) groups is 1. The minimum atomic E-state index is 0.181. The molecular formula is C16H25NO2. The molecule has 0 aliphatic heterocycles. The molecule has 0 saturated carbocycles. The molecular weight excluding hydrogens is 238 g/mol. The summed E-state index contributed by atoms with van der Waals surface area (Å²) in [6, 6.07) is 7.92. The average molecular weight is 263 g/mol. The molecule has 106 valence electrons. The van der Waals surface area contributed by atoms with Crippen LogP contribution in [0.5, 0.6) is 0 Å². The van der Waals surface area contributed by atoms with Gasteiger partial charge in [0.25, 0.3) is 0 Å². The van der Waals surface area contributed by atoms with Crippen LogP contribution in [0.1, 0.15) is 36.7 Å². The Kier molecular flexibility index (Phi) is 7.38. The number of ether oxygens (including phenoxy) is 1. The molecule has 1 rings (SSSR count). The van der Waals surface area contributed by atoms with E-state index in [-0.39, 0.29) is 5.78 Å². The van der Waals surface area contributed by atoms with Gasteiger partial charge in [0.15, 0.2) is 5.78 Å². The zero-order valence-corrected chi connectivity index (χ0v) is 12.3. The molecule has 1 aromatic rings. The molecule has 0 heterocycles. The number of carbonyl (C=O) groups excluding carboxylic acids is 1. The lowest BCUT2D eigenvalue weighted by Gasteiger charge is -2.19. The Morgan fingerprint density at radius 1 is 1.16 bits per heavy atom. The van der Waals surface area contributed by atoms with Crippen LogP contribution in [-0.2, 0) is 11.2 Å². The SMILES string of the molecule is CCOCCN(CC)CC(=O)c1ccc(CC)cc1. The molecule has 0 aliphatic rings. The summed E-state index contributed by atoms with van der Waals surface area (Å²) in [4.78, 5) is 14.3. The number of aryl methyl sites for hydroxylation is 1. The van der Waals surface area contributed by atoms with E-state index in [0.29, 0.717) is 13.2 Å². The fourth-order valence-electron chi connectivity index (χ4n) is 1.91. The number of likely N-dealkylation sites (N-methyl/N-ethyl adjacent to an activating group) is 1. The Morgan fingerprint density at radius 3 is 2.37 bits per heavy atom. The lowest BCUT2D eigenvalue weighted by atomic mass is 10.1. The molecule has 0 aromatic heterocycles. The van der Waals surface area contributed by atoms with E-state index in [4.69, 9.17) is 4.74 Å². The summed E-state index contributed by atoms with van der Waals surface area (Å²) in [5.41, 5.74) is 2.06. The second-order valence-corrected chi connectivity index (χ2v) is 4.54. The van der Waals surface area contributed by atoms with Gasteiger partial charge in [-0.3, -0.25) is 9.69 Å². The van der Waals surface area contributed by atoms with Crippen molar-refractivity contribution in [2.24, 2.45) is 0 Å². The van der Waals surface area contributed by atoms with E-state index < -0.39 is 0 Å². The Labute approximate surface area is 116 Å². The Hall–Kier alpha value is -1.19. The van der Waals surface area contributed by atoms with Crippen molar-refractivity contribution in [3.05, 3.63) is 35.4 Å². The van der Waals surface area contributed by atoms with Crippen molar-refractivity contribution >= 4 is 5.78 Å². The second kappa shape index (κ2) is 8.83. The normalized spacial score (nSPS) is 10.9. The number of rotatable bonds is 9. The zero-order chi connectivity index (χ0) is 14.1. The molecule has 1 aromatic carbocycles. The highest BCUT2D eigenvalue weighted by atomic mass is 16.5. The number of benzene rings is 1. The van der Waals surface area contributed by atoms with Crippen molar-refractivity contribution in [2.45, 2.75) is 27.2 Å². The number of nitrogens with zero attached hydrogens (tertiary/aromatic N) is 1. The third-order valence-electron chi connectivity index (χ3n) is 3.25. The van der Waals surface area contributed by atoms with Crippen molar-refractivity contribution in [1.82, 2.24) is 4.90 Å². The molecule has 3 heteroatoms. The molecule has 0 N–H and O–H groups in total. The van der Waals surface area contributed by atoms with Gasteiger partial charge in [-0.2, -0.15) is 0 Å². The number of ketones is 1. The predicted octanol–water partition coefficient (Wildman–Crippen LogP) is 2.79. The van der Waals surface area contributed by atoms with E-state index in [1.807, 2.05) is 31.2 Å². The van der Waals surface area contributed by atoms with Crippen LogP contribution in [0, 0.1) is 0 Å². The van der Waals surface area contributed by atoms with Gasteiger partial charge in [0.05, 0.1) is 13.2 Å². The first kappa shape index (κ1) is 15.9. The standard InChI is InChI=1S/C16H25NO2/c1-4-14-7-9-15(10-8-14)16(18)13-17(5-2)11-12-19-6-3/h7-10H,4-6,11-13H2,1-3H3. The van der Waals surface area contributed by atoms with E-state index in [1.165, 1.54) is 5.56 Å². The van der Waals surface area contributed by atoms with Gasteiger partial charge in [0.2, 0.25) is 0 Å². The first-order valence-electron chi connectivity index (χ1n) is 7.13. The topological polar surface area (TPSA) is 29.5 Å². The van der Waals surface area contributed by atoms with E-state index in [0.717, 1.165) is 31.7 Å². The fourth-order valence-corrected chi connectivity index (χ4v) is 1.91. The fraction of sp³-hybridized carbons (Fsp3) is 0.562. The van der Waals surface area contributed by atoms with E-state index in [2.05, 4.69) is 18.7 Å². The smallest absolute Gasteiger partial charge is 0.176 e. The Balaban J connectivity index is 2.51. The summed E-state index contributed by atoms with van der Waals surface area (Å²) in [6.45, 7) is 9.72. The summed E-state index contributed by atoms with van der Waals surface area (Å²) in [5.74, 6) is 0.181. The third-order valence-corrected chi connectivity index (χ3v) is 3.25. The van der Waals surface area contributed by atoms with Crippen LogP contribution in [0.4, 0.5) is 0 Å². The van der Waals surface area contributed by atoms with Gasteiger partial charge in [-0.15, -0.1) is 0 Å². The summed E-state index contributed by atoms with van der Waals surface area (Å²) in [6.07, 6.45) is 1.00. The van der Waals surface area contributed by atoms with Gasteiger partial charge in [-0.05, 0) is 25.5 Å². The van der Waals surface area contributed by atoms with Gasteiger partial charge in [-0.1, -0.05) is 38.1 Å². The zero-order valence-electron chi connectivity index (χ0n) is 12.3. The van der Waals surface area contributed by atoms with Crippen molar-refractivity contribution < 1.29 is 9.53 Å². The molecule has 0 fully saturated rings. The monoisotopic (exact) mass is 263 g/mol. The van der Waals surface area contributed by atoms with Crippen molar-refractivity contribution in [2.75, 3.05) is 32.8 Å². The molecule has 0 saturated heterocycles. The van der Waals surface area contributed by atoms with E-state index >= 15 is 0 Å². The van der Waals surface area contributed by atoms with Gasteiger partial charge in [0, 0.05) is 18.7 Å². The van der Waals surface area contributed by atoms with Crippen LogP contribution >= 0.6 is 0 Å². The highest BCUT2D eigenvalue weighted by Crippen LogP contribution is 2.07.